The third-order valence-electron chi connectivity index (χ3n) is 4.56. The molecular formula is C16H24N4O2. The molecule has 2 aliphatic rings. The fourth-order valence-electron chi connectivity index (χ4n) is 3.10. The minimum Gasteiger partial charge on any atom is -0.375 e. The van der Waals surface area contributed by atoms with Crippen LogP contribution < -0.4 is 22.0 Å². The molecule has 0 amide bonds. The second-order valence-corrected chi connectivity index (χ2v) is 6.05. The largest absolute Gasteiger partial charge is 0.375 e. The molecule has 6 nitrogen and oxygen atoms in total. The van der Waals surface area contributed by atoms with Gasteiger partial charge in [-0.25, -0.2) is 0 Å². The zero-order chi connectivity index (χ0) is 15.5. The van der Waals surface area contributed by atoms with E-state index in [0.29, 0.717) is 19.1 Å². The van der Waals surface area contributed by atoms with Crippen molar-refractivity contribution in [3.05, 3.63) is 33.2 Å². The Labute approximate surface area is 129 Å². The fourth-order valence-corrected chi connectivity index (χ4v) is 3.10. The van der Waals surface area contributed by atoms with Gasteiger partial charge < -0.3 is 19.9 Å². The number of likely N-dealkylation sites (tertiary alicyclic amines) is 1. The molecule has 0 radical (unpaired) electrons. The summed E-state index contributed by atoms with van der Waals surface area (Å²) in [6.07, 6.45) is 4.04. The molecule has 1 saturated heterocycles. The summed E-state index contributed by atoms with van der Waals surface area (Å²) in [7, 11) is 1.67. The van der Waals surface area contributed by atoms with Gasteiger partial charge in [-0.15, -0.1) is 0 Å². The number of nitrogens with zero attached hydrogens (tertiary/aromatic N) is 3. The van der Waals surface area contributed by atoms with Crippen LogP contribution in [-0.2, 0) is 11.3 Å². The quantitative estimate of drug-likeness (QED) is 0.750. The summed E-state index contributed by atoms with van der Waals surface area (Å²) in [5, 5.41) is 1.77. The molecule has 0 aliphatic carbocycles. The van der Waals surface area contributed by atoms with Gasteiger partial charge in [-0.05, 0) is 38.1 Å². The predicted molar refractivity (Wildman–Crippen MR) is 85.3 cm³/mol. The maximum Gasteiger partial charge on any atom is 0.251 e. The minimum atomic E-state index is -0.0477. The van der Waals surface area contributed by atoms with E-state index in [9.17, 15) is 4.79 Å². The van der Waals surface area contributed by atoms with Crippen LogP contribution in [-0.4, -0.2) is 54.9 Å². The van der Waals surface area contributed by atoms with Gasteiger partial charge in [-0.1, -0.05) is 0 Å². The summed E-state index contributed by atoms with van der Waals surface area (Å²) in [5.41, 5.74) is 5.96. The SMILES string of the molecule is COC1C=c2c(ccc(=O)n2CCN2CCC(N)CC2)=NC1. The van der Waals surface area contributed by atoms with Gasteiger partial charge in [0.05, 0.1) is 23.4 Å². The molecule has 3 heterocycles. The van der Waals surface area contributed by atoms with E-state index in [1.165, 1.54) is 0 Å². The lowest BCUT2D eigenvalue weighted by atomic mass is 10.1. The summed E-state index contributed by atoms with van der Waals surface area (Å²) in [6, 6.07) is 3.74. The Balaban J connectivity index is 1.81. The number of piperidine rings is 1. The standard InChI is InChI=1S/C16H24N4O2/c1-22-13-10-15-14(18-11-13)2-3-16(21)20(15)9-8-19-6-4-12(17)5-7-19/h2-3,10,12-13H,4-9,11,17H2,1H3. The Morgan fingerprint density at radius 3 is 2.82 bits per heavy atom. The molecule has 22 heavy (non-hydrogen) atoms. The van der Waals surface area contributed by atoms with E-state index in [0.717, 1.165) is 43.2 Å². The Bertz CT molecular complexity index is 689. The van der Waals surface area contributed by atoms with Crippen molar-refractivity contribution in [2.24, 2.45) is 10.7 Å². The second kappa shape index (κ2) is 6.73. The van der Waals surface area contributed by atoms with E-state index in [-0.39, 0.29) is 11.7 Å². The van der Waals surface area contributed by atoms with E-state index in [1.807, 2.05) is 10.6 Å². The van der Waals surface area contributed by atoms with E-state index in [4.69, 9.17) is 10.5 Å². The smallest absolute Gasteiger partial charge is 0.251 e. The second-order valence-electron chi connectivity index (χ2n) is 6.05. The van der Waals surface area contributed by atoms with Gasteiger partial charge in [-0.3, -0.25) is 9.79 Å². The number of nitrogens with two attached hydrogens (primary N) is 1. The van der Waals surface area contributed by atoms with E-state index < -0.39 is 0 Å². The van der Waals surface area contributed by atoms with Crippen LogP contribution in [0, 0.1) is 0 Å². The van der Waals surface area contributed by atoms with Crippen LogP contribution in [0.15, 0.2) is 21.9 Å². The molecule has 120 valence electrons. The van der Waals surface area contributed by atoms with Crippen molar-refractivity contribution in [2.75, 3.05) is 33.3 Å². The Kier molecular flexibility index (Phi) is 4.71. The maximum atomic E-state index is 12.2. The third kappa shape index (κ3) is 3.29. The molecular weight excluding hydrogens is 280 g/mol. The van der Waals surface area contributed by atoms with Crippen LogP contribution in [0.1, 0.15) is 12.8 Å². The lowest BCUT2D eigenvalue weighted by molar-refractivity contribution is 0.156. The lowest BCUT2D eigenvalue weighted by Gasteiger charge is -2.30. The van der Waals surface area contributed by atoms with Crippen LogP contribution in [0.4, 0.5) is 0 Å². The van der Waals surface area contributed by atoms with Gasteiger partial charge in [0.1, 0.15) is 0 Å². The van der Waals surface area contributed by atoms with Gasteiger partial charge in [0.15, 0.2) is 0 Å². The van der Waals surface area contributed by atoms with Gasteiger partial charge in [0.2, 0.25) is 0 Å². The molecule has 2 N–H and O–H groups in total. The highest BCUT2D eigenvalue weighted by Crippen LogP contribution is 2.07. The number of methoxy groups -OCH3 is 1. The van der Waals surface area contributed by atoms with Crippen molar-refractivity contribution in [3.8, 4) is 0 Å². The summed E-state index contributed by atoms with van der Waals surface area (Å²) in [4.78, 5) is 19.1. The summed E-state index contributed by atoms with van der Waals surface area (Å²) in [6.45, 7) is 4.19. The zero-order valence-electron chi connectivity index (χ0n) is 13.1. The first kappa shape index (κ1) is 15.4. The van der Waals surface area contributed by atoms with Crippen LogP contribution in [0.5, 0.6) is 0 Å². The van der Waals surface area contributed by atoms with Crippen molar-refractivity contribution >= 4 is 6.08 Å². The van der Waals surface area contributed by atoms with Crippen molar-refractivity contribution in [1.29, 1.82) is 0 Å². The monoisotopic (exact) mass is 304 g/mol. The van der Waals surface area contributed by atoms with Crippen LogP contribution in [0.2, 0.25) is 0 Å². The van der Waals surface area contributed by atoms with Crippen molar-refractivity contribution in [1.82, 2.24) is 9.47 Å². The van der Waals surface area contributed by atoms with Crippen LogP contribution in [0.3, 0.4) is 0 Å². The first-order valence-electron chi connectivity index (χ1n) is 7.94. The van der Waals surface area contributed by atoms with Gasteiger partial charge >= 0.3 is 0 Å². The van der Waals surface area contributed by atoms with Gasteiger partial charge in [-0.2, -0.15) is 0 Å². The van der Waals surface area contributed by atoms with Gasteiger partial charge in [0, 0.05) is 32.3 Å². The Morgan fingerprint density at radius 1 is 1.32 bits per heavy atom. The van der Waals surface area contributed by atoms with Gasteiger partial charge in [0.25, 0.3) is 5.56 Å². The molecule has 1 aromatic rings. The van der Waals surface area contributed by atoms with Crippen molar-refractivity contribution in [3.63, 3.8) is 0 Å². The molecule has 0 saturated carbocycles. The molecule has 0 bridgehead atoms. The van der Waals surface area contributed by atoms with E-state index >= 15 is 0 Å². The first-order valence-corrected chi connectivity index (χ1v) is 7.94. The average Bonchev–Trinajstić information content (AvgIpc) is 2.55. The fraction of sp³-hybridized carbons (Fsp3) is 0.625. The minimum absolute atomic E-state index is 0.0238. The highest BCUT2D eigenvalue weighted by Gasteiger charge is 2.16. The van der Waals surface area contributed by atoms with Crippen LogP contribution in [0.25, 0.3) is 6.08 Å². The number of hydrogen-bond acceptors (Lipinski definition) is 5. The molecule has 1 atom stereocenters. The molecule has 3 rings (SSSR count). The van der Waals surface area contributed by atoms with E-state index in [1.54, 1.807) is 19.2 Å². The highest BCUT2D eigenvalue weighted by molar-refractivity contribution is 5.28. The maximum absolute atomic E-state index is 12.2. The molecule has 1 fully saturated rings. The molecule has 1 aromatic heterocycles. The molecule has 1 unspecified atom stereocenters. The Morgan fingerprint density at radius 2 is 2.09 bits per heavy atom. The zero-order valence-corrected chi connectivity index (χ0v) is 13.1. The molecule has 0 spiro atoms. The number of pyridine rings is 1. The lowest BCUT2D eigenvalue weighted by Crippen LogP contribution is -2.49. The number of ether oxygens (including phenoxy) is 1. The van der Waals surface area contributed by atoms with Crippen molar-refractivity contribution in [2.45, 2.75) is 31.5 Å². The van der Waals surface area contributed by atoms with E-state index in [2.05, 4.69) is 9.89 Å². The average molecular weight is 304 g/mol. The first-order chi connectivity index (χ1) is 10.7. The summed E-state index contributed by atoms with van der Waals surface area (Å²) in [5.74, 6) is 0. The number of rotatable bonds is 4. The van der Waals surface area contributed by atoms with Crippen LogP contribution >= 0.6 is 0 Å². The topological polar surface area (TPSA) is 72.8 Å². The number of hydrogen-bond donors (Lipinski definition) is 1. The molecule has 6 heteroatoms. The number of fused-ring (bicyclic) bond motifs is 1. The summed E-state index contributed by atoms with van der Waals surface area (Å²) >= 11 is 0. The molecule has 2 aliphatic heterocycles. The summed E-state index contributed by atoms with van der Waals surface area (Å²) < 4.78 is 7.18. The Hall–Kier alpha value is -1.50. The predicted octanol–water partition coefficient (Wildman–Crippen LogP) is -1.30. The van der Waals surface area contributed by atoms with Crippen molar-refractivity contribution < 1.29 is 4.74 Å². The molecule has 0 aromatic carbocycles. The highest BCUT2D eigenvalue weighted by atomic mass is 16.5. The number of aromatic nitrogens is 1. The normalized spacial score (nSPS) is 22.7. The third-order valence-corrected chi connectivity index (χ3v) is 4.56.